The van der Waals surface area contributed by atoms with Crippen molar-refractivity contribution in [3.8, 4) is 11.5 Å². The van der Waals surface area contributed by atoms with Gasteiger partial charge in [-0.25, -0.2) is 12.7 Å². The van der Waals surface area contributed by atoms with E-state index in [9.17, 15) is 13.2 Å². The van der Waals surface area contributed by atoms with E-state index in [1.54, 1.807) is 25.3 Å². The third kappa shape index (κ3) is 5.12. The van der Waals surface area contributed by atoms with Crippen LogP contribution in [-0.4, -0.2) is 45.9 Å². The van der Waals surface area contributed by atoms with Crippen LogP contribution in [0.4, 0.5) is 5.69 Å². The fourth-order valence-corrected chi connectivity index (χ4v) is 5.34. The van der Waals surface area contributed by atoms with Gasteiger partial charge in [-0.2, -0.15) is 0 Å². The van der Waals surface area contributed by atoms with Crippen LogP contribution in [0.2, 0.25) is 0 Å². The highest BCUT2D eigenvalue weighted by Gasteiger charge is 2.32. The number of nitrogens with one attached hydrogen (secondary N) is 1. The molecule has 0 bridgehead atoms. The molecule has 1 aliphatic rings. The quantitative estimate of drug-likeness (QED) is 0.726. The van der Waals surface area contributed by atoms with Gasteiger partial charge in [-0.15, -0.1) is 0 Å². The third-order valence-electron chi connectivity index (χ3n) is 5.40. The van der Waals surface area contributed by atoms with E-state index < -0.39 is 15.9 Å². The molecule has 0 unspecified atom stereocenters. The molecule has 0 spiro atoms. The molecule has 1 N–H and O–H groups in total. The summed E-state index contributed by atoms with van der Waals surface area (Å²) in [4.78, 5) is 12.8. The molecule has 30 heavy (non-hydrogen) atoms. The number of nitrogens with zero attached hydrogens (tertiary/aromatic N) is 1. The van der Waals surface area contributed by atoms with E-state index in [0.717, 1.165) is 11.1 Å². The van der Waals surface area contributed by atoms with Gasteiger partial charge >= 0.3 is 0 Å². The lowest BCUT2D eigenvalue weighted by atomic mass is 9.98. The van der Waals surface area contributed by atoms with Crippen LogP contribution in [0.15, 0.2) is 42.5 Å². The molecule has 162 valence electrons. The summed E-state index contributed by atoms with van der Waals surface area (Å²) in [6.07, 6.45) is 1.30. The molecule has 3 rings (SSSR count). The van der Waals surface area contributed by atoms with Crippen molar-refractivity contribution in [2.75, 3.05) is 32.6 Å². The smallest absolute Gasteiger partial charge is 0.228 e. The fraction of sp³-hybridized carbons (Fsp3) is 0.409. The van der Waals surface area contributed by atoms with Crippen LogP contribution >= 0.6 is 0 Å². The zero-order chi connectivity index (χ0) is 21.7. The van der Waals surface area contributed by atoms with E-state index in [2.05, 4.69) is 5.32 Å². The van der Waals surface area contributed by atoms with Crippen LogP contribution in [-0.2, 0) is 20.6 Å². The van der Waals surface area contributed by atoms with Gasteiger partial charge in [0.2, 0.25) is 15.9 Å². The van der Waals surface area contributed by atoms with Gasteiger partial charge in [-0.1, -0.05) is 24.3 Å². The Labute approximate surface area is 178 Å². The molecule has 0 radical (unpaired) electrons. The number of piperidine rings is 1. The van der Waals surface area contributed by atoms with Crippen LogP contribution in [0.3, 0.4) is 0 Å². The van der Waals surface area contributed by atoms with E-state index in [4.69, 9.17) is 9.47 Å². The van der Waals surface area contributed by atoms with Gasteiger partial charge in [0.25, 0.3) is 0 Å². The number of sulfonamides is 1. The molecule has 1 aliphatic heterocycles. The lowest BCUT2D eigenvalue weighted by Crippen LogP contribution is -2.44. The maximum Gasteiger partial charge on any atom is 0.228 e. The number of aryl methyl sites for hydroxylation is 1. The minimum atomic E-state index is -3.50. The van der Waals surface area contributed by atoms with Crippen molar-refractivity contribution in [3.05, 3.63) is 53.6 Å². The Morgan fingerprint density at radius 2 is 1.87 bits per heavy atom. The van der Waals surface area contributed by atoms with Gasteiger partial charge in [-0.3, -0.25) is 4.79 Å². The largest absolute Gasteiger partial charge is 0.493 e. The molecule has 7 nitrogen and oxygen atoms in total. The summed E-state index contributed by atoms with van der Waals surface area (Å²) in [5, 5.41) is 2.87. The summed E-state index contributed by atoms with van der Waals surface area (Å²) in [6.45, 7) is 2.53. The number of benzene rings is 2. The van der Waals surface area contributed by atoms with Gasteiger partial charge in [0.15, 0.2) is 11.5 Å². The average molecular weight is 433 g/mol. The summed E-state index contributed by atoms with van der Waals surface area (Å²) >= 11 is 0. The Morgan fingerprint density at radius 3 is 2.57 bits per heavy atom. The Bertz CT molecular complexity index is 1010. The number of amides is 1. The second kappa shape index (κ2) is 9.49. The predicted molar refractivity (Wildman–Crippen MR) is 116 cm³/mol. The van der Waals surface area contributed by atoms with Gasteiger partial charge in [0.1, 0.15) is 0 Å². The van der Waals surface area contributed by atoms with E-state index in [1.165, 1.54) is 11.4 Å². The van der Waals surface area contributed by atoms with Crippen LogP contribution < -0.4 is 14.8 Å². The summed E-state index contributed by atoms with van der Waals surface area (Å²) < 4.78 is 37.8. The van der Waals surface area contributed by atoms with Crippen molar-refractivity contribution in [2.45, 2.75) is 25.5 Å². The molecule has 8 heteroatoms. The Balaban J connectivity index is 1.68. The number of methoxy groups -OCH3 is 2. The first kappa shape index (κ1) is 22.1. The Kier molecular flexibility index (Phi) is 6.99. The summed E-state index contributed by atoms with van der Waals surface area (Å²) in [5.74, 6) is 0.434. The zero-order valence-corrected chi connectivity index (χ0v) is 18.4. The predicted octanol–water partition coefficient (Wildman–Crippen LogP) is 3.19. The number of hydrogen-bond donors (Lipinski definition) is 1. The minimum Gasteiger partial charge on any atom is -0.493 e. The molecule has 0 aliphatic carbocycles. The SMILES string of the molecule is COc1ccc(NC(=O)[C@H]2CCCN(S(=O)(=O)Cc3ccccc3C)C2)cc1OC. The number of anilines is 1. The van der Waals surface area contributed by atoms with Crippen molar-refractivity contribution in [2.24, 2.45) is 5.92 Å². The molecule has 1 amide bonds. The normalized spacial score (nSPS) is 17.4. The fourth-order valence-electron chi connectivity index (χ4n) is 3.63. The molecule has 1 heterocycles. The molecule has 1 atom stereocenters. The molecule has 0 aromatic heterocycles. The standard InChI is InChI=1S/C22H28N2O5S/c1-16-7-4-5-8-18(16)15-30(26,27)24-12-6-9-17(14-24)22(25)23-19-10-11-20(28-2)21(13-19)29-3/h4-5,7-8,10-11,13,17H,6,9,12,14-15H2,1-3H3,(H,23,25)/t17-/m0/s1. The van der Waals surface area contributed by atoms with Crippen LogP contribution in [0.1, 0.15) is 24.0 Å². The highest BCUT2D eigenvalue weighted by atomic mass is 32.2. The highest BCUT2D eigenvalue weighted by Crippen LogP contribution is 2.30. The van der Waals surface area contributed by atoms with Crippen molar-refractivity contribution in [1.29, 1.82) is 0 Å². The van der Waals surface area contributed by atoms with Crippen LogP contribution in [0.25, 0.3) is 0 Å². The van der Waals surface area contributed by atoms with Gasteiger partial charge < -0.3 is 14.8 Å². The Hall–Kier alpha value is -2.58. The molecule has 2 aromatic carbocycles. The molecule has 1 fully saturated rings. The van der Waals surface area contributed by atoms with Gasteiger partial charge in [0, 0.05) is 24.8 Å². The minimum absolute atomic E-state index is 0.0519. The van der Waals surface area contributed by atoms with Gasteiger partial charge in [-0.05, 0) is 43.0 Å². The monoisotopic (exact) mass is 432 g/mol. The van der Waals surface area contributed by atoms with Crippen molar-refractivity contribution in [3.63, 3.8) is 0 Å². The molecule has 2 aromatic rings. The topological polar surface area (TPSA) is 84.9 Å². The number of carbonyl (C=O) groups excluding carboxylic acids is 1. The molecule has 1 saturated heterocycles. The van der Waals surface area contributed by atoms with Gasteiger partial charge in [0.05, 0.1) is 25.9 Å². The maximum absolute atomic E-state index is 13.0. The molecule has 0 saturated carbocycles. The van der Waals surface area contributed by atoms with Crippen LogP contribution in [0, 0.1) is 12.8 Å². The molecular formula is C22H28N2O5S. The van der Waals surface area contributed by atoms with E-state index in [-0.39, 0.29) is 18.2 Å². The lowest BCUT2D eigenvalue weighted by molar-refractivity contribution is -0.120. The van der Waals surface area contributed by atoms with Crippen molar-refractivity contribution in [1.82, 2.24) is 4.31 Å². The second-order valence-corrected chi connectivity index (χ2v) is 9.41. The number of carbonyl (C=O) groups is 1. The first-order valence-electron chi connectivity index (χ1n) is 9.89. The lowest BCUT2D eigenvalue weighted by Gasteiger charge is -2.31. The van der Waals surface area contributed by atoms with Crippen LogP contribution in [0.5, 0.6) is 11.5 Å². The summed E-state index contributed by atoms with van der Waals surface area (Å²) in [6, 6.07) is 12.6. The summed E-state index contributed by atoms with van der Waals surface area (Å²) in [5.41, 5.74) is 2.31. The first-order valence-corrected chi connectivity index (χ1v) is 11.5. The second-order valence-electron chi connectivity index (χ2n) is 7.44. The summed E-state index contributed by atoms with van der Waals surface area (Å²) in [7, 11) is -0.426. The first-order chi connectivity index (χ1) is 14.3. The third-order valence-corrected chi connectivity index (χ3v) is 7.19. The number of ether oxygens (including phenoxy) is 2. The average Bonchev–Trinajstić information content (AvgIpc) is 2.75. The number of hydrogen-bond acceptors (Lipinski definition) is 5. The van der Waals surface area contributed by atoms with E-state index in [0.29, 0.717) is 36.6 Å². The van der Waals surface area contributed by atoms with Crippen molar-refractivity contribution >= 4 is 21.6 Å². The van der Waals surface area contributed by atoms with Crippen molar-refractivity contribution < 1.29 is 22.7 Å². The maximum atomic E-state index is 13.0. The van der Waals surface area contributed by atoms with E-state index in [1.807, 2.05) is 31.2 Å². The number of rotatable bonds is 7. The molecular weight excluding hydrogens is 404 g/mol. The zero-order valence-electron chi connectivity index (χ0n) is 17.6. The Morgan fingerprint density at radius 1 is 1.13 bits per heavy atom. The van der Waals surface area contributed by atoms with E-state index >= 15 is 0 Å². The highest BCUT2D eigenvalue weighted by molar-refractivity contribution is 7.88.